The van der Waals surface area contributed by atoms with Crippen molar-refractivity contribution in [3.63, 3.8) is 0 Å². The summed E-state index contributed by atoms with van der Waals surface area (Å²) in [5.74, 6) is 0. The molecule has 0 aromatic heterocycles. The molecular formula is C14H16ClN3O2S. The zero-order valence-electron chi connectivity index (χ0n) is 11.6. The third-order valence-corrected chi connectivity index (χ3v) is 4.72. The van der Waals surface area contributed by atoms with Gasteiger partial charge in [-0.25, -0.2) is 13.1 Å². The molecule has 7 heteroatoms. The summed E-state index contributed by atoms with van der Waals surface area (Å²) in [7, 11) is -2.17. The fraction of sp³-hybridized carbons (Fsp3) is 0.143. The smallest absolute Gasteiger partial charge is 0.240 e. The molecule has 0 spiro atoms. The normalized spacial score (nSPS) is 11.4. The van der Waals surface area contributed by atoms with Crippen LogP contribution in [-0.4, -0.2) is 15.5 Å². The molecule has 2 rings (SSSR count). The Morgan fingerprint density at radius 3 is 2.43 bits per heavy atom. The first-order valence-corrected chi connectivity index (χ1v) is 8.06. The highest BCUT2D eigenvalue weighted by atomic mass is 35.5. The van der Waals surface area contributed by atoms with Crippen LogP contribution in [0, 0.1) is 6.92 Å². The second kappa shape index (κ2) is 5.93. The van der Waals surface area contributed by atoms with Gasteiger partial charge in [0.1, 0.15) is 0 Å². The molecule has 5 nitrogen and oxygen atoms in total. The minimum atomic E-state index is -3.53. The summed E-state index contributed by atoms with van der Waals surface area (Å²) >= 11 is 6.15. The number of halogens is 1. The van der Waals surface area contributed by atoms with Gasteiger partial charge in [-0.1, -0.05) is 17.7 Å². The van der Waals surface area contributed by atoms with E-state index in [9.17, 15) is 8.42 Å². The highest BCUT2D eigenvalue weighted by Gasteiger charge is 2.13. The van der Waals surface area contributed by atoms with Gasteiger partial charge in [0.05, 0.1) is 27.0 Å². The molecule has 0 bridgehead atoms. The van der Waals surface area contributed by atoms with Gasteiger partial charge in [-0.3, -0.25) is 0 Å². The van der Waals surface area contributed by atoms with Crippen molar-refractivity contribution in [3.05, 3.63) is 47.0 Å². The van der Waals surface area contributed by atoms with Crippen molar-refractivity contribution in [2.75, 3.05) is 18.1 Å². The van der Waals surface area contributed by atoms with Crippen LogP contribution in [-0.2, 0) is 10.0 Å². The third-order valence-electron chi connectivity index (χ3n) is 3.00. The van der Waals surface area contributed by atoms with Crippen LogP contribution in [0.1, 0.15) is 5.56 Å². The molecule has 112 valence electrons. The van der Waals surface area contributed by atoms with Gasteiger partial charge in [0.2, 0.25) is 10.0 Å². The first kappa shape index (κ1) is 15.6. The molecule has 4 N–H and O–H groups in total. The standard InChI is InChI=1S/C14H16ClN3O2S/c1-9-3-6-13(11(15)7-9)18-14-8-10(4-5-12(14)16)21(19,20)17-2/h3-8,17-18H,16H2,1-2H3. The van der Waals surface area contributed by atoms with Crippen LogP contribution in [0.5, 0.6) is 0 Å². The van der Waals surface area contributed by atoms with Crippen molar-refractivity contribution in [2.45, 2.75) is 11.8 Å². The summed E-state index contributed by atoms with van der Waals surface area (Å²) in [6, 6.07) is 9.98. The average molecular weight is 326 g/mol. The maximum Gasteiger partial charge on any atom is 0.240 e. The Bertz CT molecular complexity index is 776. The largest absolute Gasteiger partial charge is 0.397 e. The van der Waals surface area contributed by atoms with Gasteiger partial charge in [-0.05, 0) is 49.9 Å². The average Bonchev–Trinajstić information content (AvgIpc) is 2.43. The van der Waals surface area contributed by atoms with Gasteiger partial charge < -0.3 is 11.1 Å². The molecule has 0 unspecified atom stereocenters. The molecule has 0 saturated carbocycles. The zero-order chi connectivity index (χ0) is 15.6. The fourth-order valence-electron chi connectivity index (χ4n) is 1.80. The summed E-state index contributed by atoms with van der Waals surface area (Å²) in [5, 5.41) is 3.59. The summed E-state index contributed by atoms with van der Waals surface area (Å²) in [5.41, 5.74) is 8.49. The van der Waals surface area contributed by atoms with Crippen molar-refractivity contribution in [1.82, 2.24) is 4.72 Å². The van der Waals surface area contributed by atoms with Crippen molar-refractivity contribution >= 4 is 38.7 Å². The Labute approximate surface area is 129 Å². The molecule has 0 atom stereocenters. The van der Waals surface area contributed by atoms with E-state index in [1.54, 1.807) is 0 Å². The lowest BCUT2D eigenvalue weighted by molar-refractivity contribution is 0.588. The summed E-state index contributed by atoms with van der Waals surface area (Å²) in [6.07, 6.45) is 0. The molecule has 0 aliphatic heterocycles. The molecule has 2 aromatic carbocycles. The number of hydrogen-bond donors (Lipinski definition) is 3. The van der Waals surface area contributed by atoms with E-state index in [1.807, 2.05) is 25.1 Å². The predicted molar refractivity (Wildman–Crippen MR) is 86.6 cm³/mol. The van der Waals surface area contributed by atoms with Gasteiger partial charge in [-0.15, -0.1) is 0 Å². The number of anilines is 3. The monoisotopic (exact) mass is 325 g/mol. The van der Waals surface area contributed by atoms with E-state index < -0.39 is 10.0 Å². The summed E-state index contributed by atoms with van der Waals surface area (Å²) in [4.78, 5) is 0.130. The zero-order valence-corrected chi connectivity index (χ0v) is 13.2. The number of aryl methyl sites for hydroxylation is 1. The molecule has 0 aliphatic rings. The van der Waals surface area contributed by atoms with E-state index in [-0.39, 0.29) is 4.90 Å². The minimum Gasteiger partial charge on any atom is -0.397 e. The Balaban J connectivity index is 2.42. The van der Waals surface area contributed by atoms with Crippen LogP contribution >= 0.6 is 11.6 Å². The maximum atomic E-state index is 11.8. The third kappa shape index (κ3) is 3.47. The topological polar surface area (TPSA) is 84.2 Å². The van der Waals surface area contributed by atoms with E-state index in [1.165, 1.54) is 25.2 Å². The van der Waals surface area contributed by atoms with Gasteiger partial charge in [-0.2, -0.15) is 0 Å². The van der Waals surface area contributed by atoms with Crippen molar-refractivity contribution in [3.8, 4) is 0 Å². The number of nitrogen functional groups attached to an aromatic ring is 1. The lowest BCUT2D eigenvalue weighted by Gasteiger charge is -2.13. The fourth-order valence-corrected chi connectivity index (χ4v) is 2.83. The van der Waals surface area contributed by atoms with E-state index in [2.05, 4.69) is 10.0 Å². The van der Waals surface area contributed by atoms with Crippen LogP contribution in [0.15, 0.2) is 41.3 Å². The highest BCUT2D eigenvalue weighted by molar-refractivity contribution is 7.89. The van der Waals surface area contributed by atoms with Crippen molar-refractivity contribution < 1.29 is 8.42 Å². The molecule has 0 heterocycles. The molecule has 0 aliphatic carbocycles. The van der Waals surface area contributed by atoms with Crippen LogP contribution in [0.25, 0.3) is 0 Å². The number of hydrogen-bond acceptors (Lipinski definition) is 4. The maximum absolute atomic E-state index is 11.8. The van der Waals surface area contributed by atoms with E-state index in [0.29, 0.717) is 22.1 Å². The van der Waals surface area contributed by atoms with Crippen LogP contribution in [0.4, 0.5) is 17.1 Å². The van der Waals surface area contributed by atoms with Crippen LogP contribution < -0.4 is 15.8 Å². The summed E-state index contributed by atoms with van der Waals surface area (Å²) < 4.78 is 25.9. The highest BCUT2D eigenvalue weighted by Crippen LogP contribution is 2.30. The molecule has 0 saturated heterocycles. The number of rotatable bonds is 4. The van der Waals surface area contributed by atoms with E-state index in [0.717, 1.165) is 5.56 Å². The van der Waals surface area contributed by atoms with Crippen LogP contribution in [0.3, 0.4) is 0 Å². The Morgan fingerprint density at radius 2 is 1.81 bits per heavy atom. The number of sulfonamides is 1. The van der Waals surface area contributed by atoms with Gasteiger partial charge in [0.25, 0.3) is 0 Å². The molecule has 2 aromatic rings. The van der Waals surface area contributed by atoms with Gasteiger partial charge >= 0.3 is 0 Å². The molecular weight excluding hydrogens is 310 g/mol. The molecule has 0 amide bonds. The SMILES string of the molecule is CNS(=O)(=O)c1ccc(N)c(Nc2ccc(C)cc2Cl)c1. The first-order valence-electron chi connectivity index (χ1n) is 6.20. The van der Waals surface area contributed by atoms with Gasteiger partial charge in [0.15, 0.2) is 0 Å². The lowest BCUT2D eigenvalue weighted by Crippen LogP contribution is -2.18. The Kier molecular flexibility index (Phi) is 4.41. The molecule has 21 heavy (non-hydrogen) atoms. The molecule has 0 fully saturated rings. The van der Waals surface area contributed by atoms with Gasteiger partial charge in [0, 0.05) is 0 Å². The Morgan fingerprint density at radius 1 is 1.10 bits per heavy atom. The quantitative estimate of drug-likeness (QED) is 0.755. The number of benzene rings is 2. The van der Waals surface area contributed by atoms with E-state index in [4.69, 9.17) is 17.3 Å². The predicted octanol–water partition coefficient (Wildman–Crippen LogP) is 2.88. The van der Waals surface area contributed by atoms with Crippen molar-refractivity contribution in [2.24, 2.45) is 0 Å². The van der Waals surface area contributed by atoms with E-state index >= 15 is 0 Å². The van der Waals surface area contributed by atoms with Crippen LogP contribution in [0.2, 0.25) is 5.02 Å². The molecule has 0 radical (unpaired) electrons. The van der Waals surface area contributed by atoms with Crippen molar-refractivity contribution in [1.29, 1.82) is 0 Å². The second-order valence-corrected chi connectivity index (χ2v) is 6.86. The lowest BCUT2D eigenvalue weighted by atomic mass is 10.2. The minimum absolute atomic E-state index is 0.130. The number of nitrogens with two attached hydrogens (primary N) is 1. The summed E-state index contributed by atoms with van der Waals surface area (Å²) in [6.45, 7) is 1.93. The Hall–Kier alpha value is -1.76. The first-order chi connectivity index (χ1) is 9.83. The number of nitrogens with one attached hydrogen (secondary N) is 2. The second-order valence-electron chi connectivity index (χ2n) is 4.56.